The number of nitro benzene ring substituents is 1. The molecule has 1 aromatic heterocycles. The maximum absolute atomic E-state index is 11.0. The summed E-state index contributed by atoms with van der Waals surface area (Å²) in [7, 11) is 0. The molecule has 0 saturated heterocycles. The molecule has 0 atom stereocenters. The van der Waals surface area contributed by atoms with Crippen LogP contribution in [0.4, 0.5) is 11.4 Å². The van der Waals surface area contributed by atoms with E-state index in [4.69, 9.17) is 11.6 Å². The maximum Gasteiger partial charge on any atom is 0.292 e. The molecule has 1 aromatic carbocycles. The van der Waals surface area contributed by atoms with E-state index in [0.29, 0.717) is 22.8 Å². The number of anilines is 1. The molecule has 6 heteroatoms. The van der Waals surface area contributed by atoms with Crippen molar-refractivity contribution in [3.63, 3.8) is 0 Å². The monoisotopic (exact) mass is 282 g/mol. The molecule has 0 radical (unpaired) electrons. The highest BCUT2D eigenvalue weighted by Crippen LogP contribution is 2.33. The minimum absolute atomic E-state index is 0.0483. The first-order chi connectivity index (χ1) is 8.59. The Kier molecular flexibility index (Phi) is 3.84. The van der Waals surface area contributed by atoms with Gasteiger partial charge < -0.3 is 5.32 Å². The van der Waals surface area contributed by atoms with Gasteiger partial charge in [-0.2, -0.15) is 11.3 Å². The lowest BCUT2D eigenvalue weighted by molar-refractivity contribution is -0.384. The van der Waals surface area contributed by atoms with Crippen LogP contribution in [0.15, 0.2) is 29.0 Å². The summed E-state index contributed by atoms with van der Waals surface area (Å²) in [6.45, 7) is 2.32. The summed E-state index contributed by atoms with van der Waals surface area (Å²) >= 11 is 7.58. The second-order valence-corrected chi connectivity index (χ2v) is 5.00. The molecule has 0 aliphatic rings. The number of hydrogen-bond donors (Lipinski definition) is 1. The van der Waals surface area contributed by atoms with Crippen molar-refractivity contribution in [2.75, 3.05) is 5.32 Å². The molecular weight excluding hydrogens is 272 g/mol. The van der Waals surface area contributed by atoms with Crippen molar-refractivity contribution < 1.29 is 4.92 Å². The van der Waals surface area contributed by atoms with Crippen LogP contribution in [0.2, 0.25) is 5.02 Å². The SMILES string of the molecule is Cc1c(Cl)ccc([N+](=O)[O-])c1NCc1ccsc1. The fourth-order valence-electron chi connectivity index (χ4n) is 1.63. The van der Waals surface area contributed by atoms with Crippen LogP contribution in [0, 0.1) is 17.0 Å². The first kappa shape index (κ1) is 12.9. The quantitative estimate of drug-likeness (QED) is 0.674. The molecule has 0 fully saturated rings. The van der Waals surface area contributed by atoms with Crippen LogP contribution in [0.3, 0.4) is 0 Å². The van der Waals surface area contributed by atoms with E-state index in [0.717, 1.165) is 5.56 Å². The van der Waals surface area contributed by atoms with Crippen LogP contribution >= 0.6 is 22.9 Å². The molecule has 1 N–H and O–H groups in total. The number of nitro groups is 1. The van der Waals surface area contributed by atoms with Gasteiger partial charge >= 0.3 is 0 Å². The normalized spacial score (nSPS) is 10.3. The van der Waals surface area contributed by atoms with Crippen molar-refractivity contribution in [3.8, 4) is 0 Å². The molecule has 0 bridgehead atoms. The number of rotatable bonds is 4. The number of hydrogen-bond acceptors (Lipinski definition) is 4. The van der Waals surface area contributed by atoms with Gasteiger partial charge in [-0.25, -0.2) is 0 Å². The third-order valence-electron chi connectivity index (χ3n) is 2.62. The zero-order chi connectivity index (χ0) is 13.1. The average molecular weight is 283 g/mol. The van der Waals surface area contributed by atoms with Crippen molar-refractivity contribution in [1.82, 2.24) is 0 Å². The molecule has 0 aliphatic carbocycles. The number of halogens is 1. The number of benzene rings is 1. The van der Waals surface area contributed by atoms with E-state index in [9.17, 15) is 10.1 Å². The van der Waals surface area contributed by atoms with Crippen LogP contribution in [-0.4, -0.2) is 4.92 Å². The fourth-order valence-corrected chi connectivity index (χ4v) is 2.46. The summed E-state index contributed by atoms with van der Waals surface area (Å²) in [5.41, 5.74) is 2.32. The molecule has 4 nitrogen and oxygen atoms in total. The predicted octanol–water partition coefficient (Wildman–Crippen LogP) is 4.23. The van der Waals surface area contributed by atoms with Gasteiger partial charge in [0.05, 0.1) is 4.92 Å². The van der Waals surface area contributed by atoms with E-state index in [1.165, 1.54) is 6.07 Å². The first-order valence-electron chi connectivity index (χ1n) is 5.28. The number of thiophene rings is 1. The molecule has 2 aromatic rings. The van der Waals surface area contributed by atoms with Gasteiger partial charge in [0.2, 0.25) is 0 Å². The second-order valence-electron chi connectivity index (χ2n) is 3.81. The van der Waals surface area contributed by atoms with E-state index < -0.39 is 4.92 Å². The van der Waals surface area contributed by atoms with Crippen molar-refractivity contribution in [1.29, 1.82) is 0 Å². The van der Waals surface area contributed by atoms with Gasteiger partial charge in [-0.1, -0.05) is 11.6 Å². The van der Waals surface area contributed by atoms with Gasteiger partial charge in [0, 0.05) is 17.6 Å². The molecular formula is C12H11ClN2O2S. The predicted molar refractivity (Wildman–Crippen MR) is 74.5 cm³/mol. The molecule has 0 spiro atoms. The molecule has 18 heavy (non-hydrogen) atoms. The van der Waals surface area contributed by atoms with Crippen LogP contribution in [0.5, 0.6) is 0 Å². The topological polar surface area (TPSA) is 55.2 Å². The maximum atomic E-state index is 11.0. The molecule has 0 amide bonds. The van der Waals surface area contributed by atoms with Gasteiger partial charge in [-0.3, -0.25) is 10.1 Å². The fraction of sp³-hybridized carbons (Fsp3) is 0.167. The van der Waals surface area contributed by atoms with Crippen LogP contribution in [-0.2, 0) is 6.54 Å². The Hall–Kier alpha value is -1.59. The minimum Gasteiger partial charge on any atom is -0.375 e. The highest BCUT2D eigenvalue weighted by atomic mass is 35.5. The van der Waals surface area contributed by atoms with Gasteiger partial charge in [0.15, 0.2) is 0 Å². The van der Waals surface area contributed by atoms with E-state index >= 15 is 0 Å². The Morgan fingerprint density at radius 1 is 1.44 bits per heavy atom. The zero-order valence-corrected chi connectivity index (χ0v) is 11.2. The van der Waals surface area contributed by atoms with Gasteiger partial charge in [0.1, 0.15) is 5.69 Å². The van der Waals surface area contributed by atoms with Gasteiger partial charge in [-0.15, -0.1) is 0 Å². The summed E-state index contributed by atoms with van der Waals surface area (Å²) in [5, 5.41) is 18.5. The van der Waals surface area contributed by atoms with E-state index in [1.54, 1.807) is 24.3 Å². The Morgan fingerprint density at radius 2 is 2.22 bits per heavy atom. The highest BCUT2D eigenvalue weighted by molar-refractivity contribution is 7.07. The van der Waals surface area contributed by atoms with Crippen molar-refractivity contribution in [2.45, 2.75) is 13.5 Å². The van der Waals surface area contributed by atoms with E-state index in [2.05, 4.69) is 5.32 Å². The van der Waals surface area contributed by atoms with Crippen LogP contribution < -0.4 is 5.32 Å². The lowest BCUT2D eigenvalue weighted by Gasteiger charge is -2.10. The second kappa shape index (κ2) is 5.37. The lowest BCUT2D eigenvalue weighted by Crippen LogP contribution is -2.04. The Balaban J connectivity index is 2.30. The molecule has 1 heterocycles. The van der Waals surface area contributed by atoms with Crippen molar-refractivity contribution in [3.05, 3.63) is 55.2 Å². The van der Waals surface area contributed by atoms with E-state index in [-0.39, 0.29) is 5.69 Å². The summed E-state index contributed by atoms with van der Waals surface area (Å²) in [6, 6.07) is 4.94. The van der Waals surface area contributed by atoms with Gasteiger partial charge in [-0.05, 0) is 40.9 Å². The minimum atomic E-state index is -0.403. The standard InChI is InChI=1S/C12H11ClN2O2S/c1-8-10(13)2-3-11(15(16)17)12(8)14-6-9-4-5-18-7-9/h2-5,7,14H,6H2,1H3. The smallest absolute Gasteiger partial charge is 0.292 e. The highest BCUT2D eigenvalue weighted by Gasteiger charge is 2.17. The Bertz CT molecular complexity index is 570. The van der Waals surface area contributed by atoms with Crippen LogP contribution in [0.25, 0.3) is 0 Å². The summed E-state index contributed by atoms with van der Waals surface area (Å²) in [4.78, 5) is 10.6. The summed E-state index contributed by atoms with van der Waals surface area (Å²) in [6.07, 6.45) is 0. The van der Waals surface area contributed by atoms with E-state index in [1.807, 2.05) is 16.8 Å². The van der Waals surface area contributed by atoms with Crippen molar-refractivity contribution >= 4 is 34.3 Å². The average Bonchev–Trinajstić information content (AvgIpc) is 2.83. The molecule has 0 unspecified atom stereocenters. The zero-order valence-electron chi connectivity index (χ0n) is 9.64. The first-order valence-corrected chi connectivity index (χ1v) is 6.60. The number of nitrogens with one attached hydrogen (secondary N) is 1. The Morgan fingerprint density at radius 3 is 2.83 bits per heavy atom. The van der Waals surface area contributed by atoms with Gasteiger partial charge in [0.25, 0.3) is 5.69 Å². The third-order valence-corrected chi connectivity index (χ3v) is 3.76. The third kappa shape index (κ3) is 2.63. The largest absolute Gasteiger partial charge is 0.375 e. The molecule has 94 valence electrons. The molecule has 0 aliphatic heterocycles. The summed E-state index contributed by atoms with van der Waals surface area (Å²) in [5.74, 6) is 0. The lowest BCUT2D eigenvalue weighted by atomic mass is 10.1. The van der Waals surface area contributed by atoms with Crippen molar-refractivity contribution in [2.24, 2.45) is 0 Å². The number of nitrogens with zero attached hydrogens (tertiary/aromatic N) is 1. The summed E-state index contributed by atoms with van der Waals surface area (Å²) < 4.78 is 0. The molecule has 0 saturated carbocycles. The Labute approximate surface area is 113 Å². The molecule has 2 rings (SSSR count). The van der Waals surface area contributed by atoms with Crippen LogP contribution in [0.1, 0.15) is 11.1 Å².